The second-order valence-corrected chi connectivity index (χ2v) is 8.07. The largest absolute Gasteiger partial charge is 0.378 e. The molecular weight excluding hydrogens is 386 g/mol. The number of hydrogen-bond acceptors (Lipinski definition) is 7. The lowest BCUT2D eigenvalue weighted by atomic mass is 10.1. The molecule has 0 saturated carbocycles. The number of rotatable bonds is 7. The van der Waals surface area contributed by atoms with Crippen LogP contribution in [-0.4, -0.2) is 85.3 Å². The molecule has 1 aromatic rings. The van der Waals surface area contributed by atoms with Crippen LogP contribution in [0.2, 0.25) is 0 Å². The van der Waals surface area contributed by atoms with Gasteiger partial charge in [0.05, 0.1) is 37.0 Å². The number of carbonyl (C=O) groups is 2. The number of aromatic nitrogens is 2. The quantitative estimate of drug-likeness (QED) is 0.700. The van der Waals surface area contributed by atoms with Gasteiger partial charge in [-0.15, -0.1) is 0 Å². The fourth-order valence-electron chi connectivity index (χ4n) is 4.19. The molecule has 0 unspecified atom stereocenters. The minimum absolute atomic E-state index is 0.0123. The van der Waals surface area contributed by atoms with Crippen LogP contribution < -0.4 is 10.2 Å². The van der Waals surface area contributed by atoms with E-state index < -0.39 is 0 Å². The molecule has 0 spiro atoms. The molecule has 9 heteroatoms. The van der Waals surface area contributed by atoms with Gasteiger partial charge in [-0.1, -0.05) is 0 Å². The summed E-state index contributed by atoms with van der Waals surface area (Å²) in [6.45, 7) is 5.49. The molecule has 4 heterocycles. The molecule has 4 rings (SSSR count). The first kappa shape index (κ1) is 21.0. The van der Waals surface area contributed by atoms with Crippen LogP contribution in [0.5, 0.6) is 0 Å². The second kappa shape index (κ2) is 10.2. The second-order valence-electron chi connectivity index (χ2n) is 8.07. The fraction of sp³-hybridized carbons (Fsp3) is 0.714. The van der Waals surface area contributed by atoms with Crippen LogP contribution in [0.25, 0.3) is 0 Å². The zero-order valence-corrected chi connectivity index (χ0v) is 17.5. The molecule has 0 aliphatic carbocycles. The van der Waals surface area contributed by atoms with E-state index in [4.69, 9.17) is 14.5 Å². The van der Waals surface area contributed by atoms with Crippen LogP contribution in [-0.2, 0) is 20.7 Å². The molecule has 0 aromatic carbocycles. The number of morpholine rings is 1. The van der Waals surface area contributed by atoms with E-state index in [1.807, 2.05) is 4.90 Å². The number of anilines is 1. The average molecular weight is 418 g/mol. The van der Waals surface area contributed by atoms with Crippen LogP contribution in [0, 0.1) is 0 Å². The Morgan fingerprint density at radius 2 is 1.90 bits per heavy atom. The summed E-state index contributed by atoms with van der Waals surface area (Å²) in [5.74, 6) is 0.593. The maximum Gasteiger partial charge on any atom is 0.257 e. The predicted molar refractivity (Wildman–Crippen MR) is 111 cm³/mol. The lowest BCUT2D eigenvalue weighted by Crippen LogP contribution is -2.38. The molecule has 0 bridgehead atoms. The number of likely N-dealkylation sites (tertiary alicyclic amines) is 1. The SMILES string of the molecule is O=C(C[C@H]1CCCO1)NCCc1nc(N2CCOCC2)ncc1C(=O)N1CCCC1. The lowest BCUT2D eigenvalue weighted by molar-refractivity contribution is -0.123. The Balaban J connectivity index is 1.42. The van der Waals surface area contributed by atoms with Crippen LogP contribution in [0.4, 0.5) is 5.95 Å². The van der Waals surface area contributed by atoms with Gasteiger partial charge >= 0.3 is 0 Å². The van der Waals surface area contributed by atoms with Crippen molar-refractivity contribution in [2.24, 2.45) is 0 Å². The van der Waals surface area contributed by atoms with E-state index in [0.717, 1.165) is 58.5 Å². The van der Waals surface area contributed by atoms with E-state index in [9.17, 15) is 9.59 Å². The molecule has 1 N–H and O–H groups in total. The van der Waals surface area contributed by atoms with E-state index in [1.165, 1.54) is 0 Å². The van der Waals surface area contributed by atoms with Gasteiger partial charge in [0.15, 0.2) is 0 Å². The van der Waals surface area contributed by atoms with Gasteiger partial charge in [-0.3, -0.25) is 9.59 Å². The first-order valence-electron chi connectivity index (χ1n) is 11.1. The average Bonchev–Trinajstić information content (AvgIpc) is 3.48. The van der Waals surface area contributed by atoms with E-state index in [2.05, 4.69) is 15.2 Å². The summed E-state index contributed by atoms with van der Waals surface area (Å²) in [5.41, 5.74) is 1.24. The third-order valence-corrected chi connectivity index (χ3v) is 5.89. The van der Waals surface area contributed by atoms with Crippen molar-refractivity contribution >= 4 is 17.8 Å². The highest BCUT2D eigenvalue weighted by Gasteiger charge is 2.25. The monoisotopic (exact) mass is 417 g/mol. The van der Waals surface area contributed by atoms with Crippen LogP contribution in [0.3, 0.4) is 0 Å². The first-order chi connectivity index (χ1) is 14.7. The number of nitrogens with zero attached hydrogens (tertiary/aromatic N) is 4. The topological polar surface area (TPSA) is 96.9 Å². The Morgan fingerprint density at radius 1 is 1.10 bits per heavy atom. The Hall–Kier alpha value is -2.26. The fourth-order valence-corrected chi connectivity index (χ4v) is 4.19. The van der Waals surface area contributed by atoms with Gasteiger partial charge in [-0.2, -0.15) is 0 Å². The summed E-state index contributed by atoms with van der Waals surface area (Å²) in [6, 6.07) is 0. The highest BCUT2D eigenvalue weighted by Crippen LogP contribution is 2.19. The van der Waals surface area contributed by atoms with E-state index in [-0.39, 0.29) is 17.9 Å². The minimum atomic E-state index is -0.0169. The number of nitrogens with one attached hydrogen (secondary N) is 1. The molecule has 2 amide bonds. The Labute approximate surface area is 177 Å². The van der Waals surface area contributed by atoms with Crippen molar-refractivity contribution < 1.29 is 19.1 Å². The molecule has 0 radical (unpaired) electrons. The molecular formula is C21H31N5O4. The van der Waals surface area contributed by atoms with Gasteiger partial charge < -0.3 is 24.6 Å². The molecule has 3 aliphatic heterocycles. The Kier molecular flexibility index (Phi) is 7.11. The smallest absolute Gasteiger partial charge is 0.257 e. The van der Waals surface area contributed by atoms with Gasteiger partial charge in [-0.05, 0) is 25.7 Å². The van der Waals surface area contributed by atoms with Crippen molar-refractivity contribution in [2.75, 3.05) is 57.4 Å². The first-order valence-corrected chi connectivity index (χ1v) is 11.1. The molecule has 30 heavy (non-hydrogen) atoms. The molecule has 9 nitrogen and oxygen atoms in total. The summed E-state index contributed by atoms with van der Waals surface area (Å²) < 4.78 is 10.9. The van der Waals surface area contributed by atoms with Crippen LogP contribution >= 0.6 is 0 Å². The number of carbonyl (C=O) groups excluding carboxylic acids is 2. The minimum Gasteiger partial charge on any atom is -0.378 e. The van der Waals surface area contributed by atoms with Crippen molar-refractivity contribution in [3.63, 3.8) is 0 Å². The summed E-state index contributed by atoms with van der Waals surface area (Å²) in [4.78, 5) is 38.3. The highest BCUT2D eigenvalue weighted by atomic mass is 16.5. The number of hydrogen-bond donors (Lipinski definition) is 1. The predicted octanol–water partition coefficient (Wildman–Crippen LogP) is 0.777. The van der Waals surface area contributed by atoms with Crippen molar-refractivity contribution in [3.8, 4) is 0 Å². The molecule has 164 valence electrons. The summed E-state index contributed by atoms with van der Waals surface area (Å²) in [7, 11) is 0. The Bertz CT molecular complexity index is 741. The van der Waals surface area contributed by atoms with E-state index in [0.29, 0.717) is 49.8 Å². The summed E-state index contributed by atoms with van der Waals surface area (Å²) in [6.07, 6.45) is 6.60. The molecule has 3 saturated heterocycles. The lowest BCUT2D eigenvalue weighted by Gasteiger charge is -2.27. The van der Waals surface area contributed by atoms with E-state index in [1.54, 1.807) is 6.20 Å². The van der Waals surface area contributed by atoms with Gasteiger partial charge in [0.25, 0.3) is 5.91 Å². The normalized spacial score (nSPS) is 21.8. The van der Waals surface area contributed by atoms with Gasteiger partial charge in [0.2, 0.25) is 11.9 Å². The number of ether oxygens (including phenoxy) is 2. The maximum atomic E-state index is 13.0. The zero-order valence-electron chi connectivity index (χ0n) is 17.5. The molecule has 3 aliphatic rings. The van der Waals surface area contributed by atoms with Crippen molar-refractivity contribution in [2.45, 2.75) is 44.6 Å². The number of amides is 2. The van der Waals surface area contributed by atoms with Crippen molar-refractivity contribution in [1.29, 1.82) is 0 Å². The van der Waals surface area contributed by atoms with Crippen molar-refractivity contribution in [1.82, 2.24) is 20.2 Å². The Morgan fingerprint density at radius 3 is 2.63 bits per heavy atom. The van der Waals surface area contributed by atoms with Gasteiger partial charge in [0, 0.05) is 51.9 Å². The van der Waals surface area contributed by atoms with Crippen LogP contribution in [0.1, 0.15) is 48.2 Å². The maximum absolute atomic E-state index is 13.0. The summed E-state index contributed by atoms with van der Waals surface area (Å²) in [5, 5.41) is 2.95. The van der Waals surface area contributed by atoms with Gasteiger partial charge in [0.1, 0.15) is 0 Å². The summed E-state index contributed by atoms with van der Waals surface area (Å²) >= 11 is 0. The standard InChI is InChI=1S/C21H31N5O4/c27-19(14-16-4-3-11-30-16)22-6-5-18-17(20(28)25-7-1-2-8-25)15-23-21(24-18)26-9-12-29-13-10-26/h15-16H,1-14H2,(H,22,27)/t16-/m1/s1. The molecule has 1 atom stereocenters. The molecule has 3 fully saturated rings. The van der Waals surface area contributed by atoms with Gasteiger partial charge in [-0.25, -0.2) is 9.97 Å². The third kappa shape index (κ3) is 5.26. The van der Waals surface area contributed by atoms with Crippen molar-refractivity contribution in [3.05, 3.63) is 17.5 Å². The third-order valence-electron chi connectivity index (χ3n) is 5.89. The zero-order chi connectivity index (χ0) is 20.8. The highest BCUT2D eigenvalue weighted by molar-refractivity contribution is 5.95. The van der Waals surface area contributed by atoms with E-state index >= 15 is 0 Å². The van der Waals surface area contributed by atoms with Crippen LogP contribution in [0.15, 0.2) is 6.20 Å². The molecule has 1 aromatic heterocycles.